The Bertz CT molecular complexity index is 580. The molecule has 0 saturated heterocycles. The van der Waals surface area contributed by atoms with E-state index in [2.05, 4.69) is 5.32 Å². The lowest BCUT2D eigenvalue weighted by molar-refractivity contribution is 0.0952. The molecule has 0 aliphatic carbocycles. The number of nitrogens with one attached hydrogen (secondary N) is 1. The maximum Gasteiger partial charge on any atom is 0.253 e. The summed E-state index contributed by atoms with van der Waals surface area (Å²) >= 11 is 1.61. The monoisotopic (exact) mass is 264 g/mol. The van der Waals surface area contributed by atoms with Crippen LogP contribution < -0.4 is 11.1 Å². The summed E-state index contributed by atoms with van der Waals surface area (Å²) in [5.41, 5.74) is 5.58. The van der Waals surface area contributed by atoms with Crippen LogP contribution in [0.2, 0.25) is 0 Å². The number of amides is 1. The molecule has 2 aromatic rings. The Kier molecular flexibility index (Phi) is 3.62. The van der Waals surface area contributed by atoms with Crippen LogP contribution in [-0.2, 0) is 6.54 Å². The van der Waals surface area contributed by atoms with Gasteiger partial charge in [0.1, 0.15) is 5.82 Å². The zero-order valence-electron chi connectivity index (χ0n) is 9.87. The minimum absolute atomic E-state index is 0.114. The predicted octanol–water partition coefficient (Wildman–Crippen LogP) is 2.71. The largest absolute Gasteiger partial charge is 0.396 e. The molecule has 5 heteroatoms. The number of aryl methyl sites for hydroxylation is 1. The fraction of sp³-hybridized carbons (Fsp3) is 0.154. The highest BCUT2D eigenvalue weighted by molar-refractivity contribution is 7.11. The molecule has 0 atom stereocenters. The predicted molar refractivity (Wildman–Crippen MR) is 71.0 cm³/mol. The van der Waals surface area contributed by atoms with E-state index in [4.69, 9.17) is 5.73 Å². The molecule has 94 valence electrons. The first kappa shape index (κ1) is 12.6. The maximum atomic E-state index is 13.2. The van der Waals surface area contributed by atoms with Crippen molar-refractivity contribution < 1.29 is 9.18 Å². The number of hydrogen-bond acceptors (Lipinski definition) is 3. The molecular formula is C13H13FN2OS. The lowest BCUT2D eigenvalue weighted by Gasteiger charge is -2.06. The van der Waals surface area contributed by atoms with Crippen LogP contribution in [0.5, 0.6) is 0 Å². The van der Waals surface area contributed by atoms with E-state index in [1.165, 1.54) is 23.1 Å². The van der Waals surface area contributed by atoms with Crippen LogP contribution in [0.4, 0.5) is 10.1 Å². The van der Waals surface area contributed by atoms with Gasteiger partial charge in [-0.15, -0.1) is 11.3 Å². The lowest BCUT2D eigenvalue weighted by Crippen LogP contribution is -2.23. The average molecular weight is 264 g/mol. The van der Waals surface area contributed by atoms with E-state index in [1.54, 1.807) is 11.3 Å². The Balaban J connectivity index is 2.06. The topological polar surface area (TPSA) is 55.1 Å². The van der Waals surface area contributed by atoms with Crippen molar-refractivity contribution in [3.8, 4) is 0 Å². The fourth-order valence-electron chi connectivity index (χ4n) is 1.58. The summed E-state index contributed by atoms with van der Waals surface area (Å²) in [4.78, 5) is 14.1. The number of para-hydroxylation sites is 1. The summed E-state index contributed by atoms with van der Waals surface area (Å²) in [5, 5.41) is 2.72. The van der Waals surface area contributed by atoms with E-state index in [-0.39, 0.29) is 17.2 Å². The summed E-state index contributed by atoms with van der Waals surface area (Å²) in [7, 11) is 0. The number of thiophene rings is 1. The van der Waals surface area contributed by atoms with Gasteiger partial charge in [0, 0.05) is 9.75 Å². The van der Waals surface area contributed by atoms with Crippen molar-refractivity contribution >= 4 is 22.9 Å². The molecule has 1 amide bonds. The van der Waals surface area contributed by atoms with E-state index in [0.717, 1.165) is 4.88 Å². The number of hydrogen-bond donors (Lipinski definition) is 2. The third-order valence-electron chi connectivity index (χ3n) is 2.52. The summed E-state index contributed by atoms with van der Waals surface area (Å²) in [6.45, 7) is 2.42. The summed E-state index contributed by atoms with van der Waals surface area (Å²) in [6, 6.07) is 8.15. The zero-order valence-corrected chi connectivity index (χ0v) is 10.7. The quantitative estimate of drug-likeness (QED) is 0.837. The molecule has 0 spiro atoms. The first-order valence-electron chi connectivity index (χ1n) is 5.45. The van der Waals surface area contributed by atoms with Crippen LogP contribution in [-0.4, -0.2) is 5.91 Å². The number of halogens is 1. The van der Waals surface area contributed by atoms with Crippen molar-refractivity contribution in [3.05, 3.63) is 51.5 Å². The summed E-state index contributed by atoms with van der Waals surface area (Å²) in [6.07, 6.45) is 0. The van der Waals surface area contributed by atoms with Gasteiger partial charge in [-0.1, -0.05) is 6.07 Å². The number of carbonyl (C=O) groups is 1. The molecule has 2 rings (SSSR count). The smallest absolute Gasteiger partial charge is 0.253 e. The van der Waals surface area contributed by atoms with E-state index in [1.807, 2.05) is 19.1 Å². The Hall–Kier alpha value is -1.88. The van der Waals surface area contributed by atoms with Gasteiger partial charge in [-0.25, -0.2) is 4.39 Å². The number of benzene rings is 1. The Morgan fingerprint density at radius 3 is 2.83 bits per heavy atom. The highest BCUT2D eigenvalue weighted by Gasteiger charge is 2.12. The summed E-state index contributed by atoms with van der Waals surface area (Å²) in [5.74, 6) is -0.937. The third kappa shape index (κ3) is 2.68. The van der Waals surface area contributed by atoms with Crippen molar-refractivity contribution in [2.75, 3.05) is 5.73 Å². The third-order valence-corrected chi connectivity index (χ3v) is 3.52. The second-order valence-electron chi connectivity index (χ2n) is 3.90. The van der Waals surface area contributed by atoms with Gasteiger partial charge < -0.3 is 11.1 Å². The first-order chi connectivity index (χ1) is 8.58. The lowest BCUT2D eigenvalue weighted by atomic mass is 10.1. The van der Waals surface area contributed by atoms with Gasteiger partial charge >= 0.3 is 0 Å². The second-order valence-corrected chi connectivity index (χ2v) is 5.27. The number of nitrogen functional groups attached to an aromatic ring is 1. The SMILES string of the molecule is Cc1ccc(CNC(=O)c2cccc(F)c2N)s1. The van der Waals surface area contributed by atoms with Crippen LogP contribution in [0.15, 0.2) is 30.3 Å². The molecule has 0 aliphatic heterocycles. The number of carbonyl (C=O) groups excluding carboxylic acids is 1. The standard InChI is InChI=1S/C13H13FN2OS/c1-8-5-6-9(18-8)7-16-13(17)10-3-2-4-11(14)12(10)15/h2-6H,7,15H2,1H3,(H,16,17). The summed E-state index contributed by atoms with van der Waals surface area (Å²) < 4.78 is 13.2. The molecule has 1 heterocycles. The number of anilines is 1. The second kappa shape index (κ2) is 5.18. The van der Waals surface area contributed by atoms with Gasteiger partial charge in [0.2, 0.25) is 0 Å². The molecule has 0 saturated carbocycles. The van der Waals surface area contributed by atoms with E-state index in [9.17, 15) is 9.18 Å². The molecule has 0 fully saturated rings. The van der Waals surface area contributed by atoms with Crippen LogP contribution >= 0.6 is 11.3 Å². The van der Waals surface area contributed by atoms with E-state index in [0.29, 0.717) is 6.54 Å². The normalized spacial score (nSPS) is 10.3. The Morgan fingerprint density at radius 2 is 2.17 bits per heavy atom. The van der Waals surface area contributed by atoms with E-state index < -0.39 is 5.82 Å². The Morgan fingerprint density at radius 1 is 1.39 bits per heavy atom. The first-order valence-corrected chi connectivity index (χ1v) is 6.27. The van der Waals surface area contributed by atoms with Gasteiger partial charge in [-0.3, -0.25) is 4.79 Å². The van der Waals surface area contributed by atoms with Crippen molar-refractivity contribution in [3.63, 3.8) is 0 Å². The molecule has 1 aromatic heterocycles. The number of rotatable bonds is 3. The molecule has 0 bridgehead atoms. The fourth-order valence-corrected chi connectivity index (χ4v) is 2.41. The molecule has 3 nitrogen and oxygen atoms in total. The average Bonchev–Trinajstić information content (AvgIpc) is 2.76. The van der Waals surface area contributed by atoms with Gasteiger partial charge in [0.15, 0.2) is 0 Å². The van der Waals surface area contributed by atoms with Crippen molar-refractivity contribution in [2.24, 2.45) is 0 Å². The van der Waals surface area contributed by atoms with Gasteiger partial charge in [-0.05, 0) is 31.2 Å². The van der Waals surface area contributed by atoms with Crippen molar-refractivity contribution in [1.82, 2.24) is 5.32 Å². The van der Waals surface area contributed by atoms with Crippen LogP contribution in [0.25, 0.3) is 0 Å². The van der Waals surface area contributed by atoms with Crippen molar-refractivity contribution in [1.29, 1.82) is 0 Å². The number of nitrogens with two attached hydrogens (primary N) is 1. The van der Waals surface area contributed by atoms with Gasteiger partial charge in [0.05, 0.1) is 17.8 Å². The molecule has 18 heavy (non-hydrogen) atoms. The van der Waals surface area contributed by atoms with Crippen LogP contribution in [0.1, 0.15) is 20.1 Å². The van der Waals surface area contributed by atoms with E-state index >= 15 is 0 Å². The van der Waals surface area contributed by atoms with Crippen LogP contribution in [0.3, 0.4) is 0 Å². The minimum Gasteiger partial charge on any atom is -0.396 e. The maximum absolute atomic E-state index is 13.2. The molecule has 3 N–H and O–H groups in total. The van der Waals surface area contributed by atoms with Gasteiger partial charge in [-0.2, -0.15) is 0 Å². The highest BCUT2D eigenvalue weighted by Crippen LogP contribution is 2.17. The highest BCUT2D eigenvalue weighted by atomic mass is 32.1. The Labute approximate surface area is 108 Å². The van der Waals surface area contributed by atoms with Crippen LogP contribution in [0, 0.1) is 12.7 Å². The van der Waals surface area contributed by atoms with Gasteiger partial charge in [0.25, 0.3) is 5.91 Å². The van der Waals surface area contributed by atoms with Crippen molar-refractivity contribution in [2.45, 2.75) is 13.5 Å². The molecule has 1 aromatic carbocycles. The molecular weight excluding hydrogens is 251 g/mol. The minimum atomic E-state index is -0.574. The molecule has 0 unspecified atom stereocenters. The molecule has 0 radical (unpaired) electrons. The molecule has 0 aliphatic rings. The zero-order chi connectivity index (χ0) is 13.1.